The van der Waals surface area contributed by atoms with Crippen LogP contribution in [0.1, 0.15) is 18.9 Å². The number of methoxy groups -OCH3 is 3. The molecular weight excluding hydrogens is 534 g/mol. The third kappa shape index (κ3) is 6.84. The summed E-state index contributed by atoms with van der Waals surface area (Å²) >= 11 is 0. The smallest absolute Gasteiger partial charge is 0.264 e. The third-order valence-corrected chi connectivity index (χ3v) is 8.16. The summed E-state index contributed by atoms with van der Waals surface area (Å²) in [5, 5.41) is 2.61. The predicted octanol–water partition coefficient (Wildman–Crippen LogP) is 3.46. The van der Waals surface area contributed by atoms with E-state index in [1.54, 1.807) is 55.5 Å². The second-order valence-corrected chi connectivity index (χ2v) is 10.6. The van der Waals surface area contributed by atoms with Crippen molar-refractivity contribution in [2.24, 2.45) is 0 Å². The number of ether oxygens (including phenoxy) is 3. The summed E-state index contributed by atoms with van der Waals surface area (Å²) in [7, 11) is 1.64. The molecule has 11 heteroatoms. The largest absolute Gasteiger partial charge is 0.497 e. The van der Waals surface area contributed by atoms with Crippen LogP contribution in [-0.4, -0.2) is 66.1 Å². The molecule has 3 aromatic carbocycles. The lowest BCUT2D eigenvalue weighted by Gasteiger charge is -2.33. The van der Waals surface area contributed by atoms with Gasteiger partial charge in [-0.3, -0.25) is 13.9 Å². The van der Waals surface area contributed by atoms with E-state index in [0.29, 0.717) is 23.5 Å². The van der Waals surface area contributed by atoms with Crippen molar-refractivity contribution in [3.05, 3.63) is 78.4 Å². The second-order valence-electron chi connectivity index (χ2n) is 8.77. The minimum absolute atomic E-state index is 0.00892. The zero-order valence-corrected chi connectivity index (χ0v) is 24.1. The van der Waals surface area contributed by atoms with E-state index < -0.39 is 28.5 Å². The van der Waals surface area contributed by atoms with Crippen LogP contribution in [0.5, 0.6) is 17.2 Å². The Morgan fingerprint density at radius 2 is 1.55 bits per heavy atom. The van der Waals surface area contributed by atoms with Crippen LogP contribution >= 0.6 is 0 Å². The Morgan fingerprint density at radius 1 is 0.875 bits per heavy atom. The maximum absolute atomic E-state index is 14.1. The quantitative estimate of drug-likeness (QED) is 0.335. The highest BCUT2D eigenvalue weighted by molar-refractivity contribution is 7.92. The molecule has 10 nitrogen and oxygen atoms in total. The summed E-state index contributed by atoms with van der Waals surface area (Å²) in [5.74, 6) is 0.248. The highest BCUT2D eigenvalue weighted by Gasteiger charge is 2.34. The summed E-state index contributed by atoms with van der Waals surface area (Å²) in [6.07, 6.45) is 0.309. The average molecular weight is 570 g/mol. The van der Waals surface area contributed by atoms with Crippen molar-refractivity contribution >= 4 is 27.5 Å². The van der Waals surface area contributed by atoms with E-state index in [1.165, 1.54) is 51.5 Å². The van der Waals surface area contributed by atoms with Crippen LogP contribution in [0.25, 0.3) is 0 Å². The molecule has 0 aliphatic rings. The van der Waals surface area contributed by atoms with Crippen molar-refractivity contribution in [2.45, 2.75) is 30.8 Å². The first kappa shape index (κ1) is 30.3. The molecule has 2 amide bonds. The van der Waals surface area contributed by atoms with Crippen LogP contribution in [0.15, 0.2) is 77.7 Å². The van der Waals surface area contributed by atoms with E-state index in [0.717, 1.165) is 4.31 Å². The van der Waals surface area contributed by atoms with E-state index in [4.69, 9.17) is 14.2 Å². The Hall–Kier alpha value is -4.25. The van der Waals surface area contributed by atoms with E-state index in [1.807, 2.05) is 6.07 Å². The first-order valence-corrected chi connectivity index (χ1v) is 14.1. The van der Waals surface area contributed by atoms with E-state index in [2.05, 4.69) is 5.32 Å². The van der Waals surface area contributed by atoms with Crippen LogP contribution < -0.4 is 23.8 Å². The van der Waals surface area contributed by atoms with Gasteiger partial charge in [0.2, 0.25) is 11.8 Å². The summed E-state index contributed by atoms with van der Waals surface area (Å²) in [5.41, 5.74) is 0.833. The van der Waals surface area contributed by atoms with Gasteiger partial charge in [0, 0.05) is 19.7 Å². The van der Waals surface area contributed by atoms with Crippen molar-refractivity contribution < 1.29 is 32.2 Å². The highest BCUT2D eigenvalue weighted by Crippen LogP contribution is 2.36. The molecule has 214 valence electrons. The maximum Gasteiger partial charge on any atom is 0.264 e. The number of nitrogens with zero attached hydrogens (tertiary/aromatic N) is 2. The molecule has 0 saturated heterocycles. The van der Waals surface area contributed by atoms with Gasteiger partial charge in [-0.15, -0.1) is 0 Å². The Bertz CT molecular complexity index is 1410. The van der Waals surface area contributed by atoms with Crippen molar-refractivity contribution in [1.82, 2.24) is 10.2 Å². The normalized spacial score (nSPS) is 11.7. The number of carbonyl (C=O) groups excluding carboxylic acids is 2. The number of amides is 2. The minimum atomic E-state index is -4.25. The molecule has 0 saturated carbocycles. The fourth-order valence-corrected chi connectivity index (χ4v) is 5.72. The number of sulfonamides is 1. The van der Waals surface area contributed by atoms with E-state index in [-0.39, 0.29) is 28.8 Å². The Kier molecular flexibility index (Phi) is 10.4. The lowest BCUT2D eigenvalue weighted by Crippen LogP contribution is -2.51. The SMILES string of the molecule is CC[C@H](C(=O)NC)N(Cc1cccc(OC)c1)C(=O)CN(c1cc(OC)ccc1OC)S(=O)(=O)c1ccccc1. The van der Waals surface area contributed by atoms with Gasteiger partial charge in [-0.05, 0) is 48.4 Å². The minimum Gasteiger partial charge on any atom is -0.497 e. The Labute approximate surface area is 235 Å². The molecule has 0 aromatic heterocycles. The zero-order chi connectivity index (χ0) is 29.3. The molecule has 0 heterocycles. The zero-order valence-electron chi connectivity index (χ0n) is 23.3. The maximum atomic E-state index is 14.1. The number of hydrogen-bond donors (Lipinski definition) is 1. The number of rotatable bonds is 13. The summed E-state index contributed by atoms with van der Waals surface area (Å²) in [4.78, 5) is 28.3. The van der Waals surface area contributed by atoms with E-state index >= 15 is 0 Å². The van der Waals surface area contributed by atoms with E-state index in [9.17, 15) is 18.0 Å². The topological polar surface area (TPSA) is 114 Å². The average Bonchev–Trinajstić information content (AvgIpc) is 2.99. The molecule has 3 aromatic rings. The molecular formula is C29H35N3O7S. The number of nitrogens with one attached hydrogen (secondary N) is 1. The fourth-order valence-electron chi connectivity index (χ4n) is 4.28. The van der Waals surface area contributed by atoms with Gasteiger partial charge in [-0.1, -0.05) is 37.3 Å². The van der Waals surface area contributed by atoms with Crippen molar-refractivity contribution in [3.63, 3.8) is 0 Å². The van der Waals surface area contributed by atoms with Gasteiger partial charge in [0.15, 0.2) is 0 Å². The fraction of sp³-hybridized carbons (Fsp3) is 0.310. The number of likely N-dealkylation sites (N-methyl/N-ethyl adjacent to an activating group) is 1. The monoisotopic (exact) mass is 569 g/mol. The van der Waals surface area contributed by atoms with Crippen molar-refractivity contribution in [1.29, 1.82) is 0 Å². The summed E-state index contributed by atoms with van der Waals surface area (Å²) < 4.78 is 45.1. The molecule has 0 aliphatic heterocycles. The lowest BCUT2D eigenvalue weighted by atomic mass is 10.1. The molecule has 1 atom stereocenters. The van der Waals surface area contributed by atoms with Gasteiger partial charge in [-0.2, -0.15) is 0 Å². The molecule has 1 N–H and O–H groups in total. The molecule has 3 rings (SSSR count). The molecule has 0 bridgehead atoms. The van der Waals surface area contributed by atoms with Gasteiger partial charge in [-0.25, -0.2) is 8.42 Å². The molecule has 0 spiro atoms. The van der Waals surface area contributed by atoms with Gasteiger partial charge in [0.25, 0.3) is 10.0 Å². The van der Waals surface area contributed by atoms with Crippen molar-refractivity contribution in [2.75, 3.05) is 39.2 Å². The Morgan fingerprint density at radius 3 is 2.15 bits per heavy atom. The molecule has 0 aliphatic carbocycles. The summed E-state index contributed by atoms with van der Waals surface area (Å²) in [6.45, 7) is 1.24. The van der Waals surface area contributed by atoms with Crippen LogP contribution in [0.4, 0.5) is 5.69 Å². The van der Waals surface area contributed by atoms with Crippen LogP contribution in [-0.2, 0) is 26.2 Å². The van der Waals surface area contributed by atoms with Crippen LogP contribution in [0.3, 0.4) is 0 Å². The molecule has 0 fully saturated rings. The first-order valence-electron chi connectivity index (χ1n) is 12.6. The van der Waals surface area contributed by atoms with Gasteiger partial charge < -0.3 is 24.4 Å². The Balaban J connectivity index is 2.14. The van der Waals surface area contributed by atoms with Crippen LogP contribution in [0, 0.1) is 0 Å². The number of anilines is 1. The van der Waals surface area contributed by atoms with Crippen LogP contribution in [0.2, 0.25) is 0 Å². The molecule has 0 radical (unpaired) electrons. The summed E-state index contributed by atoms with van der Waals surface area (Å²) in [6, 6.07) is 18.8. The standard InChI is InChI=1S/C29H35N3O7S/c1-6-25(29(34)30-2)31(19-21-11-10-12-22(17-21)37-3)28(33)20-32(40(35,36)24-13-8-7-9-14-24)26-18-23(38-4)15-16-27(26)39-5/h7-18,25H,6,19-20H2,1-5H3,(H,30,34)/t25-/m1/s1. The number of carbonyl (C=O) groups is 2. The number of benzene rings is 3. The molecule has 0 unspecified atom stereocenters. The number of hydrogen-bond acceptors (Lipinski definition) is 7. The predicted molar refractivity (Wildman–Crippen MR) is 152 cm³/mol. The third-order valence-electron chi connectivity index (χ3n) is 6.38. The van der Waals surface area contributed by atoms with Gasteiger partial charge in [0.05, 0.1) is 31.9 Å². The van der Waals surface area contributed by atoms with Crippen molar-refractivity contribution in [3.8, 4) is 17.2 Å². The lowest BCUT2D eigenvalue weighted by molar-refractivity contribution is -0.140. The second kappa shape index (κ2) is 13.7. The first-order chi connectivity index (χ1) is 19.2. The van der Waals surface area contributed by atoms with Gasteiger partial charge in [0.1, 0.15) is 29.8 Å². The highest BCUT2D eigenvalue weighted by atomic mass is 32.2. The van der Waals surface area contributed by atoms with Gasteiger partial charge >= 0.3 is 0 Å². The molecule has 40 heavy (non-hydrogen) atoms.